The molecule has 4 heterocycles. The zero-order valence-electron chi connectivity index (χ0n) is 30.3. The van der Waals surface area contributed by atoms with Gasteiger partial charge in [0.1, 0.15) is 30.8 Å². The van der Waals surface area contributed by atoms with Crippen LogP contribution in [0.2, 0.25) is 10.0 Å². The van der Waals surface area contributed by atoms with E-state index in [-0.39, 0.29) is 13.2 Å². The van der Waals surface area contributed by atoms with Crippen LogP contribution in [0.15, 0.2) is 110 Å². The number of carbonyl (C=O) groups is 2. The van der Waals surface area contributed by atoms with Gasteiger partial charge in [0.2, 0.25) is 5.69 Å². The highest BCUT2D eigenvalue weighted by Crippen LogP contribution is 2.36. The average molecular weight is 804 g/mol. The maximum atomic E-state index is 11.9. The number of fused-ring (bicyclic) bond motifs is 2. The van der Waals surface area contributed by atoms with E-state index >= 15 is 0 Å². The van der Waals surface area contributed by atoms with Crippen LogP contribution in [-0.2, 0) is 26.3 Å². The fourth-order valence-electron chi connectivity index (χ4n) is 6.71. The summed E-state index contributed by atoms with van der Waals surface area (Å²) in [6.07, 6.45) is 11.2. The van der Waals surface area contributed by atoms with E-state index in [4.69, 9.17) is 49.4 Å². The highest BCUT2D eigenvalue weighted by atomic mass is 35.5. The number of nitrogens with zero attached hydrogens (tertiary/aromatic N) is 8. The van der Waals surface area contributed by atoms with Crippen LogP contribution in [0.5, 0.6) is 11.5 Å². The maximum absolute atomic E-state index is 11.9. The molecule has 0 saturated carbocycles. The summed E-state index contributed by atoms with van der Waals surface area (Å²) in [5.74, 6) is 0.705. The number of aldehydes is 2. The smallest absolute Gasteiger partial charge is 0.205 e. The number of rotatable bonds is 13. The van der Waals surface area contributed by atoms with Crippen LogP contribution in [-0.4, -0.2) is 42.1 Å². The lowest BCUT2D eigenvalue weighted by molar-refractivity contribution is 0.111. The van der Waals surface area contributed by atoms with Crippen LogP contribution >= 0.6 is 23.2 Å². The van der Waals surface area contributed by atoms with Crippen LogP contribution in [0.25, 0.3) is 37.8 Å². The van der Waals surface area contributed by atoms with E-state index in [1.807, 2.05) is 58.2 Å². The zero-order valence-corrected chi connectivity index (χ0v) is 31.9. The Morgan fingerprint density at radius 1 is 0.690 bits per heavy atom. The van der Waals surface area contributed by atoms with Crippen molar-refractivity contribution in [3.63, 3.8) is 0 Å². The highest BCUT2D eigenvalue weighted by Gasteiger charge is 2.18. The Labute approximate surface area is 341 Å². The van der Waals surface area contributed by atoms with E-state index in [0.717, 1.165) is 32.9 Å². The standard InChI is InChI=1S/C44H28Cl2N8O4/c1-48-34-9-29(17-50-18-34)26-58-44-13-31(40(46)11-33(44)24-56)22-54-42-7-3-5-36(38(42)20-52-54)35-4-2-6-41-37(35)19-51-53(41)21-30-12-43(32(23-55)10-39(30)45)57-25-28-8-27(14-47)15-49-16-28/h2-13,15-20,23-24H,21-22,25-26H2. The van der Waals surface area contributed by atoms with Crippen molar-refractivity contribution >= 4 is 63.3 Å². The summed E-state index contributed by atoms with van der Waals surface area (Å²) in [5, 5.41) is 21.3. The molecule has 0 aliphatic carbocycles. The second-order valence-corrected chi connectivity index (χ2v) is 14.0. The summed E-state index contributed by atoms with van der Waals surface area (Å²) in [6, 6.07) is 24.0. The number of nitriles is 1. The van der Waals surface area contributed by atoms with Gasteiger partial charge in [0.05, 0.1) is 59.8 Å². The van der Waals surface area contributed by atoms with Crippen molar-refractivity contribution in [2.75, 3.05) is 0 Å². The maximum Gasteiger partial charge on any atom is 0.205 e. The van der Waals surface area contributed by atoms with Crippen LogP contribution in [0.1, 0.15) is 48.5 Å². The van der Waals surface area contributed by atoms with E-state index < -0.39 is 0 Å². The Bertz CT molecular complexity index is 2780. The van der Waals surface area contributed by atoms with Gasteiger partial charge in [-0.25, -0.2) is 4.85 Å². The SMILES string of the molecule is [C-]#[N+]c1cncc(COc2cc(Cn3ncc4c(-c5cccc6c5cnn6Cc5cc(OCc6cncc(C#N)c6)c(C=O)cc5Cl)cccc43)c(Cl)cc2C=O)c1. The van der Waals surface area contributed by atoms with Gasteiger partial charge in [-0.05, 0) is 76.3 Å². The van der Waals surface area contributed by atoms with Gasteiger partial charge in [-0.15, -0.1) is 0 Å². The van der Waals surface area contributed by atoms with Gasteiger partial charge in [0.25, 0.3) is 0 Å². The second-order valence-electron chi connectivity index (χ2n) is 13.2. The number of hydrogen-bond donors (Lipinski definition) is 0. The number of pyridine rings is 2. The number of benzene rings is 4. The third kappa shape index (κ3) is 7.58. The molecule has 4 aromatic carbocycles. The summed E-state index contributed by atoms with van der Waals surface area (Å²) in [4.78, 5) is 35.5. The molecule has 282 valence electrons. The van der Waals surface area contributed by atoms with Crippen molar-refractivity contribution in [2.45, 2.75) is 26.3 Å². The van der Waals surface area contributed by atoms with Gasteiger partial charge in [0, 0.05) is 51.2 Å². The normalized spacial score (nSPS) is 11.0. The lowest BCUT2D eigenvalue weighted by atomic mass is 9.99. The first kappa shape index (κ1) is 37.5. The van der Waals surface area contributed by atoms with Crippen molar-refractivity contribution in [3.05, 3.63) is 170 Å². The number of carbonyl (C=O) groups excluding carboxylic acids is 2. The van der Waals surface area contributed by atoms with Gasteiger partial charge in [0.15, 0.2) is 12.6 Å². The number of aromatic nitrogens is 6. The quantitative estimate of drug-likeness (QED) is 0.0823. The summed E-state index contributed by atoms with van der Waals surface area (Å²) in [5.41, 5.74) is 7.82. The summed E-state index contributed by atoms with van der Waals surface area (Å²) in [7, 11) is 0. The molecule has 58 heavy (non-hydrogen) atoms. The number of ether oxygens (including phenoxy) is 2. The first-order valence-electron chi connectivity index (χ1n) is 17.7. The molecule has 0 spiro atoms. The van der Waals surface area contributed by atoms with Crippen LogP contribution in [0.4, 0.5) is 5.69 Å². The molecule has 0 aliphatic heterocycles. The van der Waals surface area contributed by atoms with Crippen molar-refractivity contribution in [3.8, 4) is 28.7 Å². The molecule has 0 unspecified atom stereocenters. The Morgan fingerprint density at radius 2 is 1.21 bits per heavy atom. The molecule has 0 N–H and O–H groups in total. The average Bonchev–Trinajstić information content (AvgIpc) is 3.87. The molecule has 0 radical (unpaired) electrons. The third-order valence-corrected chi connectivity index (χ3v) is 10.2. The van der Waals surface area contributed by atoms with Gasteiger partial charge in [-0.3, -0.25) is 28.9 Å². The molecule has 0 fully saturated rings. The van der Waals surface area contributed by atoms with Gasteiger partial charge in [-0.2, -0.15) is 15.5 Å². The minimum Gasteiger partial charge on any atom is -0.488 e. The first-order chi connectivity index (χ1) is 28.3. The Morgan fingerprint density at radius 3 is 1.71 bits per heavy atom. The van der Waals surface area contributed by atoms with Crippen LogP contribution in [0, 0.1) is 17.9 Å². The lowest BCUT2D eigenvalue weighted by Crippen LogP contribution is -2.05. The Balaban J connectivity index is 1.06. The highest BCUT2D eigenvalue weighted by molar-refractivity contribution is 6.32. The van der Waals surface area contributed by atoms with E-state index in [1.54, 1.807) is 48.8 Å². The molecule has 0 atom stereocenters. The number of hydrogen-bond acceptors (Lipinski definition) is 9. The molecule has 0 amide bonds. The number of halogens is 2. The molecular weight excluding hydrogens is 775 g/mol. The summed E-state index contributed by atoms with van der Waals surface area (Å²) >= 11 is 13.4. The summed E-state index contributed by atoms with van der Waals surface area (Å²) in [6.45, 7) is 8.07. The van der Waals surface area contributed by atoms with E-state index in [2.05, 4.69) is 20.9 Å². The van der Waals surface area contributed by atoms with Crippen molar-refractivity contribution in [1.29, 1.82) is 5.26 Å². The van der Waals surface area contributed by atoms with Crippen molar-refractivity contribution < 1.29 is 19.1 Å². The second kappa shape index (κ2) is 16.4. The van der Waals surface area contributed by atoms with E-state index in [0.29, 0.717) is 91.8 Å². The lowest BCUT2D eigenvalue weighted by Gasteiger charge is -2.13. The van der Waals surface area contributed by atoms with Crippen molar-refractivity contribution in [1.82, 2.24) is 29.5 Å². The minimum atomic E-state index is 0.106. The molecule has 0 bridgehead atoms. The van der Waals surface area contributed by atoms with Crippen molar-refractivity contribution in [2.24, 2.45) is 0 Å². The molecule has 8 rings (SSSR count). The van der Waals surface area contributed by atoms with E-state index in [9.17, 15) is 14.9 Å². The molecule has 4 aromatic heterocycles. The fourth-order valence-corrected chi connectivity index (χ4v) is 7.18. The Hall–Kier alpha value is -7.38. The first-order valence-corrected chi connectivity index (χ1v) is 18.5. The molecule has 12 nitrogen and oxygen atoms in total. The summed E-state index contributed by atoms with van der Waals surface area (Å²) < 4.78 is 15.7. The van der Waals surface area contributed by atoms with Gasteiger partial charge < -0.3 is 9.47 Å². The van der Waals surface area contributed by atoms with Gasteiger partial charge >= 0.3 is 0 Å². The molecule has 0 aliphatic rings. The van der Waals surface area contributed by atoms with Crippen LogP contribution < -0.4 is 9.47 Å². The predicted molar refractivity (Wildman–Crippen MR) is 218 cm³/mol. The molecule has 14 heteroatoms. The fraction of sp³-hybridized carbons (Fsp3) is 0.0909. The largest absolute Gasteiger partial charge is 0.488 e. The monoisotopic (exact) mass is 802 g/mol. The molecular formula is C44H28Cl2N8O4. The topological polar surface area (TPSA) is 142 Å². The minimum absolute atomic E-state index is 0.106. The van der Waals surface area contributed by atoms with Gasteiger partial charge in [-0.1, -0.05) is 47.5 Å². The van der Waals surface area contributed by atoms with Crippen LogP contribution in [0.3, 0.4) is 0 Å². The molecule has 0 saturated heterocycles. The van der Waals surface area contributed by atoms with E-state index in [1.165, 1.54) is 12.4 Å². The predicted octanol–water partition coefficient (Wildman–Crippen LogP) is 9.45. The zero-order chi connectivity index (χ0) is 40.2. The Kier molecular flexibility index (Phi) is 10.6. The third-order valence-electron chi connectivity index (χ3n) is 9.54. The molecule has 8 aromatic rings.